The monoisotopic (exact) mass is 398 g/mol. The Bertz CT molecular complexity index is 975. The molecule has 0 spiro atoms. The highest BCUT2D eigenvalue weighted by molar-refractivity contribution is 7.91. The number of hydrogen-bond acceptors (Lipinski definition) is 5. The first-order valence-electron chi connectivity index (χ1n) is 7.06. The van der Waals surface area contributed by atoms with E-state index in [1.165, 1.54) is 42.6 Å². The summed E-state index contributed by atoms with van der Waals surface area (Å²) in [5.41, 5.74) is 0.665. The van der Waals surface area contributed by atoms with Gasteiger partial charge in [0.2, 0.25) is 15.9 Å². The second kappa shape index (κ2) is 7.49. The van der Waals surface area contributed by atoms with Crippen molar-refractivity contribution >= 4 is 33.0 Å². The van der Waals surface area contributed by atoms with E-state index in [1.807, 2.05) is 0 Å². The van der Waals surface area contributed by atoms with Crippen LogP contribution in [0.25, 0.3) is 0 Å². The van der Waals surface area contributed by atoms with Crippen molar-refractivity contribution in [2.75, 3.05) is 0 Å². The molecule has 0 aliphatic rings. The number of ether oxygens (including phenoxy) is 1. The van der Waals surface area contributed by atoms with Gasteiger partial charge >= 0.3 is 0 Å². The van der Waals surface area contributed by atoms with Gasteiger partial charge in [-0.3, -0.25) is 0 Å². The highest BCUT2D eigenvalue weighted by Crippen LogP contribution is 2.25. The number of nitrogens with zero attached hydrogens (tertiary/aromatic N) is 1. The Hall–Kier alpha value is -2.00. The number of sulfonamides is 1. The first-order valence-corrected chi connectivity index (χ1v) is 9.73. The Kier molecular flexibility index (Phi) is 5.33. The number of hydrogen-bond donors (Lipinski definition) is 1. The van der Waals surface area contributed by atoms with Gasteiger partial charge in [0, 0.05) is 18.8 Å². The Labute approximate surface area is 153 Å². The zero-order chi connectivity index (χ0) is 17.9. The van der Waals surface area contributed by atoms with Crippen molar-refractivity contribution in [3.05, 3.63) is 70.4 Å². The molecule has 3 rings (SSSR count). The van der Waals surface area contributed by atoms with Gasteiger partial charge in [0.15, 0.2) is 0 Å². The van der Waals surface area contributed by atoms with E-state index < -0.39 is 10.0 Å². The largest absolute Gasteiger partial charge is 0.439 e. The second-order valence-corrected chi connectivity index (χ2v) is 8.65. The van der Waals surface area contributed by atoms with Crippen LogP contribution < -0.4 is 9.46 Å². The molecule has 0 aliphatic carbocycles. The summed E-state index contributed by atoms with van der Waals surface area (Å²) in [7, 11) is -3.63. The van der Waals surface area contributed by atoms with Gasteiger partial charge in [-0.15, -0.1) is 11.3 Å². The molecule has 0 amide bonds. The Balaban J connectivity index is 1.68. The first kappa shape index (κ1) is 17.8. The van der Waals surface area contributed by atoms with Crippen LogP contribution >= 0.6 is 22.9 Å². The lowest BCUT2D eigenvalue weighted by Gasteiger charge is -2.08. The number of nitrogens with one attached hydrogen (secondary N) is 1. The molecule has 0 aliphatic heterocycles. The number of thiophene rings is 1. The third-order valence-electron chi connectivity index (χ3n) is 3.12. The van der Waals surface area contributed by atoms with Gasteiger partial charge in [0.05, 0.1) is 4.34 Å². The molecule has 130 valence electrons. The highest BCUT2D eigenvalue weighted by atomic mass is 35.5. The molecule has 2 heterocycles. The van der Waals surface area contributed by atoms with Crippen LogP contribution in [-0.2, 0) is 16.6 Å². The van der Waals surface area contributed by atoms with Gasteiger partial charge in [0.25, 0.3) is 0 Å². The van der Waals surface area contributed by atoms with Crippen LogP contribution in [0.2, 0.25) is 4.34 Å². The minimum Gasteiger partial charge on any atom is -0.439 e. The lowest BCUT2D eigenvalue weighted by Crippen LogP contribution is -2.22. The lowest BCUT2D eigenvalue weighted by atomic mass is 10.3. The molecular weight excluding hydrogens is 387 g/mol. The van der Waals surface area contributed by atoms with Crippen molar-refractivity contribution in [1.29, 1.82) is 0 Å². The molecule has 5 nitrogen and oxygen atoms in total. The molecule has 25 heavy (non-hydrogen) atoms. The normalized spacial score (nSPS) is 11.4. The predicted molar refractivity (Wildman–Crippen MR) is 94.1 cm³/mol. The topological polar surface area (TPSA) is 68.3 Å². The Morgan fingerprint density at radius 3 is 2.60 bits per heavy atom. The average Bonchev–Trinajstić information content (AvgIpc) is 3.03. The number of aromatic nitrogens is 1. The summed E-state index contributed by atoms with van der Waals surface area (Å²) in [4.78, 5) is 4.05. The maximum Gasteiger partial charge on any atom is 0.250 e. The van der Waals surface area contributed by atoms with Crippen LogP contribution in [0.1, 0.15) is 5.56 Å². The van der Waals surface area contributed by atoms with Gasteiger partial charge in [0.1, 0.15) is 15.8 Å². The van der Waals surface area contributed by atoms with Crippen molar-refractivity contribution in [1.82, 2.24) is 9.71 Å². The molecular formula is C16H12ClFN2O3S2. The van der Waals surface area contributed by atoms with Crippen LogP contribution in [0.15, 0.2) is 58.9 Å². The predicted octanol–water partition coefficient (Wildman–Crippen LogP) is 4.21. The van der Waals surface area contributed by atoms with Crippen LogP contribution in [0.3, 0.4) is 0 Å². The van der Waals surface area contributed by atoms with Crippen molar-refractivity contribution in [3.8, 4) is 11.6 Å². The summed E-state index contributed by atoms with van der Waals surface area (Å²) in [6.07, 6.45) is 1.50. The molecule has 0 fully saturated rings. The molecule has 0 saturated carbocycles. The van der Waals surface area contributed by atoms with Crippen LogP contribution in [-0.4, -0.2) is 13.4 Å². The van der Waals surface area contributed by atoms with E-state index >= 15 is 0 Å². The molecule has 0 bridgehead atoms. The second-order valence-electron chi connectivity index (χ2n) is 4.94. The molecule has 0 radical (unpaired) electrons. The van der Waals surface area contributed by atoms with Crippen LogP contribution in [0, 0.1) is 5.82 Å². The van der Waals surface area contributed by atoms with E-state index in [1.54, 1.807) is 12.1 Å². The van der Waals surface area contributed by atoms with Crippen molar-refractivity contribution in [2.45, 2.75) is 10.8 Å². The molecule has 2 aromatic heterocycles. The minimum atomic E-state index is -3.63. The van der Waals surface area contributed by atoms with Crippen LogP contribution in [0.5, 0.6) is 11.6 Å². The SMILES string of the molecule is O=S(=O)(NCc1ccnc(Oc2ccc(F)cc2)c1)c1ccc(Cl)s1. The Morgan fingerprint density at radius 2 is 1.92 bits per heavy atom. The fourth-order valence-electron chi connectivity index (χ4n) is 1.93. The van der Waals surface area contributed by atoms with Gasteiger partial charge in [-0.05, 0) is 48.0 Å². The zero-order valence-electron chi connectivity index (χ0n) is 12.6. The fourth-order valence-corrected chi connectivity index (χ4v) is 4.48. The number of pyridine rings is 1. The molecule has 9 heteroatoms. The summed E-state index contributed by atoms with van der Waals surface area (Å²) < 4.78 is 45.8. The van der Waals surface area contributed by atoms with E-state index in [-0.39, 0.29) is 22.5 Å². The maximum atomic E-state index is 12.9. The number of halogens is 2. The summed E-state index contributed by atoms with van der Waals surface area (Å²) >= 11 is 6.75. The van der Waals surface area contributed by atoms with E-state index in [4.69, 9.17) is 16.3 Å². The van der Waals surface area contributed by atoms with E-state index in [0.29, 0.717) is 15.6 Å². The van der Waals surface area contributed by atoms with Gasteiger partial charge in [-0.25, -0.2) is 22.5 Å². The molecule has 0 atom stereocenters. The smallest absolute Gasteiger partial charge is 0.250 e. The van der Waals surface area contributed by atoms with Gasteiger partial charge in [-0.2, -0.15) is 0 Å². The van der Waals surface area contributed by atoms with Gasteiger partial charge < -0.3 is 4.74 Å². The standard InChI is InChI=1S/C16H12ClFN2O3S2/c17-14-5-6-16(24-14)25(21,22)20-10-11-7-8-19-15(9-11)23-13-3-1-12(18)2-4-13/h1-9,20H,10H2. The van der Waals surface area contributed by atoms with Gasteiger partial charge in [-0.1, -0.05) is 11.6 Å². The first-order chi connectivity index (χ1) is 11.9. The summed E-state index contributed by atoms with van der Waals surface area (Å²) in [5.74, 6) is 0.347. The van der Waals surface area contributed by atoms with Crippen molar-refractivity contribution < 1.29 is 17.5 Å². The molecule has 1 aromatic carbocycles. The van der Waals surface area contributed by atoms with Crippen molar-refractivity contribution in [2.24, 2.45) is 0 Å². The van der Waals surface area contributed by atoms with Crippen molar-refractivity contribution in [3.63, 3.8) is 0 Å². The lowest BCUT2D eigenvalue weighted by molar-refractivity contribution is 0.460. The average molecular weight is 399 g/mol. The zero-order valence-corrected chi connectivity index (χ0v) is 15.0. The summed E-state index contributed by atoms with van der Waals surface area (Å²) in [6.45, 7) is 0.0696. The molecule has 0 unspecified atom stereocenters. The maximum absolute atomic E-state index is 12.9. The van der Waals surface area contributed by atoms with E-state index in [9.17, 15) is 12.8 Å². The molecule has 3 aromatic rings. The highest BCUT2D eigenvalue weighted by Gasteiger charge is 2.16. The van der Waals surface area contributed by atoms with E-state index in [2.05, 4.69) is 9.71 Å². The number of benzene rings is 1. The number of rotatable bonds is 6. The quantitative estimate of drug-likeness (QED) is 0.675. The Morgan fingerprint density at radius 1 is 1.16 bits per heavy atom. The summed E-state index contributed by atoms with van der Waals surface area (Å²) in [6, 6.07) is 11.8. The minimum absolute atomic E-state index is 0.0696. The fraction of sp³-hybridized carbons (Fsp3) is 0.0625. The van der Waals surface area contributed by atoms with E-state index in [0.717, 1.165) is 11.3 Å². The third kappa shape index (κ3) is 4.76. The molecule has 1 N–H and O–H groups in total. The summed E-state index contributed by atoms with van der Waals surface area (Å²) in [5, 5.41) is 0. The third-order valence-corrected chi connectivity index (χ3v) is 6.24. The van der Waals surface area contributed by atoms with Crippen LogP contribution in [0.4, 0.5) is 4.39 Å². The molecule has 0 saturated heterocycles.